The van der Waals surface area contributed by atoms with Gasteiger partial charge in [-0.2, -0.15) is 29.3 Å². The van der Waals surface area contributed by atoms with Crippen LogP contribution in [-0.4, -0.2) is 3.21 Å². The molecule has 0 amide bonds. The monoisotopic (exact) mass is 724 g/mol. The third-order valence-electron chi connectivity index (χ3n) is 10.8. The second kappa shape index (κ2) is 14.9. The Bertz CT molecular complexity index is 1820. The van der Waals surface area contributed by atoms with E-state index in [-0.39, 0.29) is 10.8 Å². The zero-order chi connectivity index (χ0) is 35.7. The van der Waals surface area contributed by atoms with Crippen LogP contribution in [0.3, 0.4) is 0 Å². The Morgan fingerprint density at radius 3 is 2.02 bits per heavy atom. The maximum atomic E-state index is 3.69. The van der Waals surface area contributed by atoms with Crippen LogP contribution in [0.4, 0.5) is 0 Å². The van der Waals surface area contributed by atoms with Gasteiger partial charge in [-0.3, -0.25) is 6.08 Å². The predicted molar refractivity (Wildman–Crippen MR) is 210 cm³/mol. The standard InChI is InChI=1S/C23H29.C13H19.C12H10.Zr/c1-14-9-16-11-17-10-15(2)21(23(6,7)8)13-19(17)18(16)12-20(14)22(3,4)5;1-11-6-7-12(10-11)13(2)8-4-3-5-9-13;1-2-10-7-8-11-5-3-4-6-12(11)9-10;/h9,12-13H,11H2,1-8H3;7,10-11H,3-5,8-9H2,1-2H3;3-9H,1H3;/q2*-1;;+2. The summed E-state index contributed by atoms with van der Waals surface area (Å²) in [5.41, 5.74) is 15.0. The summed E-state index contributed by atoms with van der Waals surface area (Å²) in [6.07, 6.45) is 16.0. The summed E-state index contributed by atoms with van der Waals surface area (Å²) in [6, 6.07) is 26.1. The fourth-order valence-electron chi connectivity index (χ4n) is 8.03. The van der Waals surface area contributed by atoms with Crippen molar-refractivity contribution in [3.8, 4) is 11.1 Å². The normalized spacial score (nSPS) is 17.7. The summed E-state index contributed by atoms with van der Waals surface area (Å²) in [5.74, 6) is 0.550. The summed E-state index contributed by atoms with van der Waals surface area (Å²) in [5, 5.41) is 2.66. The molecule has 3 aliphatic rings. The molecule has 1 saturated carbocycles. The average Bonchev–Trinajstić information content (AvgIpc) is 3.62. The van der Waals surface area contributed by atoms with Crippen LogP contribution in [-0.2, 0) is 41.5 Å². The molecule has 1 unspecified atom stereocenters. The van der Waals surface area contributed by atoms with Crippen molar-refractivity contribution in [3.63, 3.8) is 0 Å². The minimum Gasteiger partial charge on any atom is -0.176 e. The van der Waals surface area contributed by atoms with E-state index in [0.717, 1.165) is 6.42 Å². The first kappa shape index (κ1) is 37.6. The first-order valence-electron chi connectivity index (χ1n) is 18.5. The molecule has 0 bridgehead atoms. The van der Waals surface area contributed by atoms with E-state index >= 15 is 0 Å². The van der Waals surface area contributed by atoms with E-state index in [1.165, 1.54) is 120 Å². The molecule has 0 radical (unpaired) electrons. The number of rotatable bonds is 2. The van der Waals surface area contributed by atoms with Gasteiger partial charge in [-0.25, -0.2) is 6.08 Å². The molecule has 1 atom stereocenters. The molecule has 0 saturated heterocycles. The van der Waals surface area contributed by atoms with E-state index in [0.29, 0.717) is 11.3 Å². The van der Waals surface area contributed by atoms with E-state index < -0.39 is 0 Å². The van der Waals surface area contributed by atoms with Gasteiger partial charge in [0.1, 0.15) is 0 Å². The fraction of sp³-hybridized carbons (Fsp3) is 0.438. The number of aryl methyl sites for hydroxylation is 2. The second-order valence-electron chi connectivity index (χ2n) is 17.2. The van der Waals surface area contributed by atoms with Gasteiger partial charge >= 0.3 is 93.2 Å². The molecule has 0 N–H and O–H groups in total. The largest absolute Gasteiger partial charge is 0.176 e. The number of hydrogen-bond acceptors (Lipinski definition) is 0. The quantitative estimate of drug-likeness (QED) is 0.159. The van der Waals surface area contributed by atoms with Crippen molar-refractivity contribution in [3.05, 3.63) is 129 Å². The third-order valence-corrected chi connectivity index (χ3v) is 11.6. The fourth-order valence-corrected chi connectivity index (χ4v) is 8.41. The average molecular weight is 726 g/mol. The molecule has 4 aromatic carbocycles. The van der Waals surface area contributed by atoms with Crippen LogP contribution < -0.4 is 0 Å². The minimum atomic E-state index is 0.163. The van der Waals surface area contributed by atoms with Crippen LogP contribution in [0.15, 0.2) is 78.4 Å². The molecule has 1 fully saturated rings. The first-order valence-corrected chi connectivity index (χ1v) is 19.8. The zero-order valence-corrected chi connectivity index (χ0v) is 34.7. The van der Waals surface area contributed by atoms with Gasteiger partial charge in [0.05, 0.1) is 0 Å². The van der Waals surface area contributed by atoms with Crippen molar-refractivity contribution in [2.24, 2.45) is 11.3 Å². The second-order valence-corrected chi connectivity index (χ2v) is 19.1. The predicted octanol–water partition coefficient (Wildman–Crippen LogP) is 13.1. The van der Waals surface area contributed by atoms with Crippen molar-refractivity contribution in [1.82, 2.24) is 0 Å². The van der Waals surface area contributed by atoms with Gasteiger partial charge in [-0.05, 0) is 35.4 Å². The van der Waals surface area contributed by atoms with Gasteiger partial charge in [-0.1, -0.05) is 129 Å². The Kier molecular flexibility index (Phi) is 11.5. The molecule has 3 aliphatic carbocycles. The van der Waals surface area contributed by atoms with Crippen molar-refractivity contribution >= 4 is 14.0 Å². The van der Waals surface area contributed by atoms with Gasteiger partial charge < -0.3 is 0 Å². The van der Waals surface area contributed by atoms with E-state index in [1.807, 2.05) is 0 Å². The van der Waals surface area contributed by atoms with Crippen LogP contribution >= 0.6 is 0 Å². The number of hydrogen-bond donors (Lipinski definition) is 0. The summed E-state index contributed by atoms with van der Waals surface area (Å²) in [7, 11) is 0. The SMILES string of the molecule is CC1[C-]=CC(C2(C)CCCCC2)=C1.C[C](=[Zr+2])c1ccc2ccccc2c1.Cc1[c-]c2c(cc1C(C)(C)C)-c1cc(C(C)(C)C)c(C)cc1C2. The number of allylic oxidation sites excluding steroid dienone is 4. The van der Waals surface area contributed by atoms with E-state index in [9.17, 15) is 0 Å². The summed E-state index contributed by atoms with van der Waals surface area (Å²) < 4.78 is 1.46. The van der Waals surface area contributed by atoms with Gasteiger partial charge in [0.15, 0.2) is 0 Å². The first-order chi connectivity index (χ1) is 23.0. The van der Waals surface area contributed by atoms with Crippen molar-refractivity contribution in [2.75, 3.05) is 0 Å². The van der Waals surface area contributed by atoms with Crippen LogP contribution in [0.5, 0.6) is 0 Å². The molecular weight excluding hydrogens is 668 g/mol. The van der Waals surface area contributed by atoms with Crippen LogP contribution in [0.25, 0.3) is 21.9 Å². The van der Waals surface area contributed by atoms with Gasteiger partial charge in [0.25, 0.3) is 0 Å². The molecule has 254 valence electrons. The molecule has 0 nitrogen and oxygen atoms in total. The smallest absolute Gasteiger partial charge is 0.0129 e. The van der Waals surface area contributed by atoms with Crippen molar-refractivity contribution in [2.45, 2.75) is 126 Å². The van der Waals surface area contributed by atoms with Gasteiger partial charge in [-0.15, -0.1) is 16.7 Å². The summed E-state index contributed by atoms with van der Waals surface area (Å²) in [4.78, 5) is 0. The molecule has 0 aliphatic heterocycles. The Morgan fingerprint density at radius 2 is 1.43 bits per heavy atom. The Hall–Kier alpha value is -2.63. The van der Waals surface area contributed by atoms with Crippen LogP contribution in [0.1, 0.15) is 133 Å². The topological polar surface area (TPSA) is 0 Å². The minimum absolute atomic E-state index is 0.163. The molecule has 7 rings (SSSR count). The van der Waals surface area contributed by atoms with E-state index in [1.54, 1.807) is 5.57 Å². The Balaban J connectivity index is 0.000000154. The summed E-state index contributed by atoms with van der Waals surface area (Å²) in [6.45, 7) is 25.1. The zero-order valence-electron chi connectivity index (χ0n) is 32.2. The molecule has 4 aromatic rings. The summed E-state index contributed by atoms with van der Waals surface area (Å²) >= 11 is 1.50. The maximum absolute atomic E-state index is 3.69. The van der Waals surface area contributed by atoms with Gasteiger partial charge in [0.2, 0.25) is 0 Å². The van der Waals surface area contributed by atoms with Crippen molar-refractivity contribution < 1.29 is 24.2 Å². The molecule has 0 heterocycles. The molecular formula is C48H58Zr. The molecule has 1 heteroatoms. The molecule has 0 aromatic heterocycles. The van der Waals surface area contributed by atoms with Crippen LogP contribution in [0.2, 0.25) is 0 Å². The van der Waals surface area contributed by atoms with E-state index in [4.69, 9.17) is 0 Å². The Morgan fingerprint density at radius 1 is 0.796 bits per heavy atom. The number of fused-ring (bicyclic) bond motifs is 4. The van der Waals surface area contributed by atoms with Crippen molar-refractivity contribution in [1.29, 1.82) is 0 Å². The van der Waals surface area contributed by atoms with E-state index in [2.05, 4.69) is 161 Å². The van der Waals surface area contributed by atoms with Gasteiger partial charge in [0, 0.05) is 0 Å². The molecule has 0 spiro atoms. The number of benzene rings is 4. The maximum Gasteiger partial charge on any atom is -0.0129 e. The Labute approximate surface area is 313 Å². The molecule has 49 heavy (non-hydrogen) atoms. The third kappa shape index (κ3) is 8.82. The van der Waals surface area contributed by atoms with Crippen LogP contribution in [0, 0.1) is 37.3 Å².